The summed E-state index contributed by atoms with van der Waals surface area (Å²) in [5.74, 6) is 0.852. The molecule has 1 aromatic carbocycles. The highest BCUT2D eigenvalue weighted by atomic mass is 16.5. The van der Waals surface area contributed by atoms with Gasteiger partial charge in [0.05, 0.1) is 40.1 Å². The van der Waals surface area contributed by atoms with Gasteiger partial charge in [-0.25, -0.2) is 0 Å². The molecule has 114 valence electrons. The van der Waals surface area contributed by atoms with Crippen LogP contribution in [0.4, 0.5) is 0 Å². The van der Waals surface area contributed by atoms with Gasteiger partial charge in [0.2, 0.25) is 0 Å². The molecule has 20 heavy (non-hydrogen) atoms. The Labute approximate surface area is 121 Å². The van der Waals surface area contributed by atoms with Crippen molar-refractivity contribution in [3.63, 3.8) is 0 Å². The Kier molecular flexibility index (Phi) is 8.98. The minimum Gasteiger partial charge on any atom is -0.496 e. The van der Waals surface area contributed by atoms with E-state index in [1.54, 1.807) is 14.2 Å². The summed E-state index contributed by atoms with van der Waals surface area (Å²) in [7, 11) is 5.26. The van der Waals surface area contributed by atoms with E-state index in [0.717, 1.165) is 17.9 Å². The average Bonchev–Trinajstić information content (AvgIpc) is 2.47. The van der Waals surface area contributed by atoms with Crippen LogP contribution in [-0.4, -0.2) is 47.7 Å². The largest absolute Gasteiger partial charge is 0.496 e. The summed E-state index contributed by atoms with van der Waals surface area (Å²) < 4.78 is 21.2. The van der Waals surface area contributed by atoms with Crippen molar-refractivity contribution >= 4 is 0 Å². The summed E-state index contributed by atoms with van der Waals surface area (Å²) in [5, 5.41) is 3.13. The lowest BCUT2D eigenvalue weighted by Gasteiger charge is -2.11. The molecule has 0 unspecified atom stereocenters. The Balaban J connectivity index is 2.35. The summed E-state index contributed by atoms with van der Waals surface area (Å²) in [5.41, 5.74) is 2.26. The molecule has 1 aromatic rings. The Morgan fingerprint density at radius 3 is 2.45 bits per heavy atom. The van der Waals surface area contributed by atoms with Crippen LogP contribution in [0, 0.1) is 0 Å². The normalized spacial score (nSPS) is 10.8. The van der Waals surface area contributed by atoms with Crippen molar-refractivity contribution in [3.8, 4) is 5.75 Å². The van der Waals surface area contributed by atoms with Gasteiger partial charge in [-0.15, -0.1) is 0 Å². The van der Waals surface area contributed by atoms with E-state index in [-0.39, 0.29) is 0 Å². The predicted molar refractivity (Wildman–Crippen MR) is 78.1 cm³/mol. The summed E-state index contributed by atoms with van der Waals surface area (Å²) in [6.45, 7) is 3.69. The Morgan fingerprint density at radius 1 is 1.00 bits per heavy atom. The lowest BCUT2D eigenvalue weighted by Crippen LogP contribution is -2.09. The van der Waals surface area contributed by atoms with E-state index in [1.165, 1.54) is 5.56 Å². The van der Waals surface area contributed by atoms with Gasteiger partial charge < -0.3 is 24.3 Å². The maximum Gasteiger partial charge on any atom is 0.124 e. The summed E-state index contributed by atoms with van der Waals surface area (Å²) in [6, 6.07) is 6.12. The first kappa shape index (κ1) is 16.9. The number of methoxy groups -OCH3 is 2. The fourth-order valence-corrected chi connectivity index (χ4v) is 1.80. The molecule has 0 saturated carbocycles. The zero-order valence-electron chi connectivity index (χ0n) is 12.6. The third kappa shape index (κ3) is 6.34. The Morgan fingerprint density at radius 2 is 1.75 bits per heavy atom. The van der Waals surface area contributed by atoms with E-state index < -0.39 is 0 Å². The Bertz CT molecular complexity index is 371. The highest BCUT2D eigenvalue weighted by Crippen LogP contribution is 2.20. The van der Waals surface area contributed by atoms with Gasteiger partial charge in [0.15, 0.2) is 0 Å². The van der Waals surface area contributed by atoms with Crippen LogP contribution < -0.4 is 10.1 Å². The van der Waals surface area contributed by atoms with Crippen molar-refractivity contribution in [1.82, 2.24) is 5.32 Å². The van der Waals surface area contributed by atoms with Gasteiger partial charge in [0.1, 0.15) is 5.75 Å². The lowest BCUT2D eigenvalue weighted by molar-refractivity contribution is 0.0196. The van der Waals surface area contributed by atoms with E-state index in [0.29, 0.717) is 33.0 Å². The zero-order chi connectivity index (χ0) is 14.6. The van der Waals surface area contributed by atoms with Crippen LogP contribution in [0.25, 0.3) is 0 Å². The quantitative estimate of drug-likeness (QED) is 0.625. The van der Waals surface area contributed by atoms with Crippen LogP contribution in [0.3, 0.4) is 0 Å². The van der Waals surface area contributed by atoms with E-state index >= 15 is 0 Å². The molecule has 0 heterocycles. The molecule has 0 radical (unpaired) electrons. The molecule has 5 nitrogen and oxygen atoms in total. The molecule has 1 N–H and O–H groups in total. The number of hydrogen-bond acceptors (Lipinski definition) is 5. The van der Waals surface area contributed by atoms with Crippen molar-refractivity contribution in [2.45, 2.75) is 13.2 Å². The molecule has 1 rings (SSSR count). The van der Waals surface area contributed by atoms with Crippen molar-refractivity contribution < 1.29 is 18.9 Å². The second-order valence-electron chi connectivity index (χ2n) is 4.33. The second-order valence-corrected chi connectivity index (χ2v) is 4.33. The van der Waals surface area contributed by atoms with Gasteiger partial charge in [0, 0.05) is 19.2 Å². The topological polar surface area (TPSA) is 49.0 Å². The molecule has 0 atom stereocenters. The number of benzene rings is 1. The maximum atomic E-state index is 5.61. The molecule has 5 heteroatoms. The molecule has 0 aromatic heterocycles. The van der Waals surface area contributed by atoms with Gasteiger partial charge in [-0.3, -0.25) is 0 Å². The fraction of sp³-hybridized carbons (Fsp3) is 0.600. The lowest BCUT2D eigenvalue weighted by atomic mass is 10.1. The third-order valence-corrected chi connectivity index (χ3v) is 2.79. The first-order valence-corrected chi connectivity index (χ1v) is 6.76. The summed E-state index contributed by atoms with van der Waals surface area (Å²) in [6.07, 6.45) is 0. The van der Waals surface area contributed by atoms with Crippen LogP contribution >= 0.6 is 0 Å². The number of hydrogen-bond donors (Lipinski definition) is 1. The monoisotopic (exact) mass is 283 g/mol. The zero-order valence-corrected chi connectivity index (χ0v) is 12.6. The molecule has 0 aliphatic heterocycles. The number of ether oxygens (including phenoxy) is 4. The first-order valence-electron chi connectivity index (χ1n) is 6.76. The van der Waals surface area contributed by atoms with Crippen LogP contribution in [0.2, 0.25) is 0 Å². The van der Waals surface area contributed by atoms with Gasteiger partial charge in [-0.05, 0) is 24.7 Å². The van der Waals surface area contributed by atoms with Crippen molar-refractivity contribution in [3.05, 3.63) is 29.3 Å². The average molecular weight is 283 g/mol. The first-order chi connectivity index (χ1) is 9.81. The highest BCUT2D eigenvalue weighted by Gasteiger charge is 2.04. The number of nitrogens with one attached hydrogen (secondary N) is 1. The molecular formula is C15H25NO4. The Hall–Kier alpha value is -1.14. The minimum atomic E-state index is 0.522. The van der Waals surface area contributed by atoms with Crippen LogP contribution in [-0.2, 0) is 27.4 Å². The van der Waals surface area contributed by atoms with E-state index in [1.807, 2.05) is 19.2 Å². The van der Waals surface area contributed by atoms with Crippen molar-refractivity contribution in [2.24, 2.45) is 0 Å². The van der Waals surface area contributed by atoms with Gasteiger partial charge in [-0.1, -0.05) is 6.07 Å². The minimum absolute atomic E-state index is 0.522. The van der Waals surface area contributed by atoms with Crippen LogP contribution in [0.1, 0.15) is 11.1 Å². The van der Waals surface area contributed by atoms with Crippen LogP contribution in [0.5, 0.6) is 5.75 Å². The molecule has 0 spiro atoms. The molecule has 0 fully saturated rings. The van der Waals surface area contributed by atoms with Gasteiger partial charge in [-0.2, -0.15) is 0 Å². The summed E-state index contributed by atoms with van der Waals surface area (Å²) >= 11 is 0. The number of rotatable bonds is 11. The van der Waals surface area contributed by atoms with Crippen molar-refractivity contribution in [2.75, 3.05) is 47.7 Å². The molecule has 0 aliphatic carbocycles. The van der Waals surface area contributed by atoms with E-state index in [4.69, 9.17) is 18.9 Å². The van der Waals surface area contributed by atoms with Gasteiger partial charge in [0.25, 0.3) is 0 Å². The standard InChI is InChI=1S/C15H25NO4/c1-16-11-13-4-5-15(18-3)14(10-13)12-20-9-8-19-7-6-17-2/h4-5,10,16H,6-9,11-12H2,1-3H3. The van der Waals surface area contributed by atoms with Gasteiger partial charge >= 0.3 is 0 Å². The molecule has 0 saturated heterocycles. The van der Waals surface area contributed by atoms with Crippen molar-refractivity contribution in [1.29, 1.82) is 0 Å². The van der Waals surface area contributed by atoms with Crippen LogP contribution in [0.15, 0.2) is 18.2 Å². The smallest absolute Gasteiger partial charge is 0.124 e. The molecule has 0 aliphatic rings. The maximum absolute atomic E-state index is 5.61. The van der Waals surface area contributed by atoms with E-state index in [9.17, 15) is 0 Å². The molecule has 0 amide bonds. The molecular weight excluding hydrogens is 258 g/mol. The summed E-state index contributed by atoms with van der Waals surface area (Å²) in [4.78, 5) is 0. The fourth-order valence-electron chi connectivity index (χ4n) is 1.80. The highest BCUT2D eigenvalue weighted by molar-refractivity contribution is 5.36. The SMILES string of the molecule is CNCc1ccc(OC)c(COCCOCCOC)c1. The molecule has 0 bridgehead atoms. The third-order valence-electron chi connectivity index (χ3n) is 2.79. The predicted octanol–water partition coefficient (Wildman–Crippen LogP) is 1.59. The van der Waals surface area contributed by atoms with E-state index in [2.05, 4.69) is 11.4 Å². The second kappa shape index (κ2) is 10.6.